The van der Waals surface area contributed by atoms with Crippen LogP contribution in [0.4, 0.5) is 14.9 Å². The summed E-state index contributed by atoms with van der Waals surface area (Å²) >= 11 is 10.2. The fraction of sp³-hybridized carbons (Fsp3) is 0.0435. The van der Waals surface area contributed by atoms with Crippen LogP contribution in [0.1, 0.15) is 11.1 Å². The molecule has 0 radical (unpaired) electrons. The fourth-order valence-electron chi connectivity index (χ4n) is 3.12. The highest BCUT2D eigenvalue weighted by molar-refractivity contribution is 14.1. The van der Waals surface area contributed by atoms with E-state index < -0.39 is 11.9 Å². The molecule has 1 aliphatic rings. The predicted molar refractivity (Wildman–Crippen MR) is 138 cm³/mol. The van der Waals surface area contributed by atoms with Crippen molar-refractivity contribution in [1.82, 2.24) is 5.32 Å². The van der Waals surface area contributed by atoms with Crippen molar-refractivity contribution < 1.29 is 18.7 Å². The van der Waals surface area contributed by atoms with Crippen LogP contribution in [0, 0.1) is 13.0 Å². The van der Waals surface area contributed by atoms with Crippen molar-refractivity contribution in [3.05, 3.63) is 95.5 Å². The number of hydrogen-bond acceptors (Lipinski definition) is 3. The molecule has 1 N–H and O–H groups in total. The third-order valence-corrected chi connectivity index (χ3v) is 6.44. The maximum absolute atomic E-state index is 13.9. The van der Waals surface area contributed by atoms with E-state index in [1.165, 1.54) is 6.07 Å². The van der Waals surface area contributed by atoms with Crippen molar-refractivity contribution >= 4 is 80.5 Å². The lowest BCUT2D eigenvalue weighted by atomic mass is 10.1. The van der Waals surface area contributed by atoms with Gasteiger partial charge in [0.2, 0.25) is 0 Å². The van der Waals surface area contributed by atoms with Gasteiger partial charge in [-0.25, -0.2) is 14.1 Å². The standard InChI is InChI=1S/C23H14ClFI2N2O3/c24-15-5-3-6-16(11-15)29-22(30)20(28-23(29)31)10-13-8-18(26)21(19(27)9-13)32-12-14-4-1-2-7-17(14)25/h1-11H,12H2,(H,28,31)/b20-10+. The number of nitrogens with zero attached hydrogens (tertiary/aromatic N) is 1. The maximum Gasteiger partial charge on any atom is 0.333 e. The summed E-state index contributed by atoms with van der Waals surface area (Å²) in [6.07, 6.45) is 1.61. The Kier molecular flexibility index (Phi) is 7.01. The van der Waals surface area contributed by atoms with Gasteiger partial charge in [-0.15, -0.1) is 0 Å². The topological polar surface area (TPSA) is 58.6 Å². The number of rotatable bonds is 5. The summed E-state index contributed by atoms with van der Waals surface area (Å²) in [7, 11) is 0. The highest BCUT2D eigenvalue weighted by atomic mass is 127. The van der Waals surface area contributed by atoms with Gasteiger partial charge in [0.25, 0.3) is 5.91 Å². The first-order chi connectivity index (χ1) is 15.3. The highest BCUT2D eigenvalue weighted by Gasteiger charge is 2.35. The first-order valence-corrected chi connectivity index (χ1v) is 11.8. The molecule has 0 unspecified atom stereocenters. The van der Waals surface area contributed by atoms with E-state index in [2.05, 4.69) is 50.5 Å². The van der Waals surface area contributed by atoms with Gasteiger partial charge in [0.05, 0.1) is 12.8 Å². The molecule has 3 amide bonds. The van der Waals surface area contributed by atoms with Gasteiger partial charge in [-0.1, -0.05) is 35.9 Å². The predicted octanol–water partition coefficient (Wildman–Crippen LogP) is 6.36. The Balaban J connectivity index is 1.56. The third kappa shape index (κ3) is 4.91. The van der Waals surface area contributed by atoms with Crippen LogP contribution in [0.5, 0.6) is 5.75 Å². The van der Waals surface area contributed by atoms with E-state index in [9.17, 15) is 14.0 Å². The van der Waals surface area contributed by atoms with Crippen molar-refractivity contribution in [2.45, 2.75) is 6.61 Å². The van der Waals surface area contributed by atoms with Crippen molar-refractivity contribution in [1.29, 1.82) is 0 Å². The largest absolute Gasteiger partial charge is 0.487 e. The molecule has 162 valence electrons. The van der Waals surface area contributed by atoms with Crippen LogP contribution in [-0.4, -0.2) is 11.9 Å². The van der Waals surface area contributed by atoms with Gasteiger partial charge < -0.3 is 10.1 Å². The van der Waals surface area contributed by atoms with Gasteiger partial charge in [-0.3, -0.25) is 4.79 Å². The number of amides is 3. The molecule has 0 spiro atoms. The number of ether oxygens (including phenoxy) is 1. The molecular weight excluding hydrogens is 661 g/mol. The number of carbonyl (C=O) groups is 2. The lowest BCUT2D eigenvalue weighted by Crippen LogP contribution is -2.30. The molecule has 0 atom stereocenters. The summed E-state index contributed by atoms with van der Waals surface area (Å²) in [5.41, 5.74) is 1.73. The van der Waals surface area contributed by atoms with Crippen LogP contribution in [-0.2, 0) is 11.4 Å². The second-order valence-corrected chi connectivity index (χ2v) is 9.56. The number of urea groups is 1. The van der Waals surface area contributed by atoms with Crippen molar-refractivity contribution in [2.24, 2.45) is 0 Å². The maximum atomic E-state index is 13.9. The Hall–Kier alpha value is -2.18. The van der Waals surface area contributed by atoms with E-state index in [0.29, 0.717) is 27.6 Å². The van der Waals surface area contributed by atoms with Gasteiger partial charge in [-0.05, 0) is 93.2 Å². The molecule has 1 aliphatic heterocycles. The van der Waals surface area contributed by atoms with Gasteiger partial charge in [0, 0.05) is 10.6 Å². The Morgan fingerprint density at radius 2 is 1.75 bits per heavy atom. The van der Waals surface area contributed by atoms with E-state index in [0.717, 1.165) is 12.0 Å². The average molecular weight is 675 g/mol. The average Bonchev–Trinajstić information content (AvgIpc) is 3.01. The fourth-order valence-corrected chi connectivity index (χ4v) is 5.43. The number of anilines is 1. The number of imide groups is 1. The molecule has 0 aliphatic carbocycles. The van der Waals surface area contributed by atoms with Gasteiger partial charge in [-0.2, -0.15) is 0 Å². The molecule has 4 rings (SSSR count). The Bertz CT molecular complexity index is 1240. The second kappa shape index (κ2) is 9.75. The summed E-state index contributed by atoms with van der Waals surface area (Å²) in [6.45, 7) is 0.0995. The molecule has 9 heteroatoms. The first-order valence-electron chi connectivity index (χ1n) is 9.31. The Morgan fingerprint density at radius 3 is 2.44 bits per heavy atom. The quantitative estimate of drug-likeness (QED) is 0.195. The second-order valence-electron chi connectivity index (χ2n) is 6.80. The molecule has 5 nitrogen and oxygen atoms in total. The Morgan fingerprint density at radius 1 is 1.03 bits per heavy atom. The molecule has 1 saturated heterocycles. The van der Waals surface area contributed by atoms with Gasteiger partial charge >= 0.3 is 6.03 Å². The number of halogens is 4. The van der Waals surface area contributed by atoms with Crippen LogP contribution in [0.3, 0.4) is 0 Å². The smallest absolute Gasteiger partial charge is 0.333 e. The lowest BCUT2D eigenvalue weighted by molar-refractivity contribution is -0.113. The Labute approximate surface area is 215 Å². The third-order valence-electron chi connectivity index (χ3n) is 4.61. The molecule has 1 fully saturated rings. The number of nitrogens with one attached hydrogen (secondary N) is 1. The van der Waals surface area contributed by atoms with Gasteiger partial charge in [0.1, 0.15) is 23.9 Å². The summed E-state index contributed by atoms with van der Waals surface area (Å²) < 4.78 is 21.3. The van der Waals surface area contributed by atoms with E-state index in [-0.39, 0.29) is 18.1 Å². The number of hydrogen-bond donors (Lipinski definition) is 1. The van der Waals surface area contributed by atoms with Crippen LogP contribution in [0.2, 0.25) is 5.02 Å². The monoisotopic (exact) mass is 674 g/mol. The first kappa shape index (κ1) is 23.0. The van der Waals surface area contributed by atoms with Crippen molar-refractivity contribution in [3.63, 3.8) is 0 Å². The van der Waals surface area contributed by atoms with Crippen molar-refractivity contribution in [3.8, 4) is 5.75 Å². The highest BCUT2D eigenvalue weighted by Crippen LogP contribution is 2.31. The minimum Gasteiger partial charge on any atom is -0.487 e. The molecular formula is C23H14ClFI2N2O3. The van der Waals surface area contributed by atoms with Gasteiger partial charge in [0.15, 0.2) is 0 Å². The summed E-state index contributed by atoms with van der Waals surface area (Å²) in [4.78, 5) is 26.3. The lowest BCUT2D eigenvalue weighted by Gasteiger charge is -2.12. The van der Waals surface area contributed by atoms with E-state index in [1.54, 1.807) is 48.5 Å². The minimum atomic E-state index is -0.544. The van der Waals surface area contributed by atoms with E-state index >= 15 is 0 Å². The molecule has 1 heterocycles. The molecule has 3 aromatic rings. The molecule has 3 aromatic carbocycles. The zero-order valence-electron chi connectivity index (χ0n) is 16.2. The zero-order chi connectivity index (χ0) is 22.8. The molecule has 0 bridgehead atoms. The molecule has 32 heavy (non-hydrogen) atoms. The van der Waals surface area contributed by atoms with E-state index in [4.69, 9.17) is 16.3 Å². The normalized spacial score (nSPS) is 14.8. The summed E-state index contributed by atoms with van der Waals surface area (Å²) in [5.74, 6) is -0.167. The number of benzene rings is 3. The SMILES string of the molecule is O=C1N/C(=C/c2cc(I)c(OCc3ccccc3F)c(I)c2)C(=O)N1c1cccc(Cl)c1. The van der Waals surface area contributed by atoms with Crippen LogP contribution < -0.4 is 15.0 Å². The summed E-state index contributed by atoms with van der Waals surface area (Å²) in [6, 6.07) is 16.1. The molecule has 0 aromatic heterocycles. The molecule has 0 saturated carbocycles. The zero-order valence-corrected chi connectivity index (χ0v) is 21.3. The van der Waals surface area contributed by atoms with Crippen molar-refractivity contribution in [2.75, 3.05) is 4.90 Å². The van der Waals surface area contributed by atoms with Crippen LogP contribution in [0.15, 0.2) is 66.4 Å². The van der Waals surface area contributed by atoms with Crippen LogP contribution >= 0.6 is 56.8 Å². The minimum absolute atomic E-state index is 0.0995. The summed E-state index contributed by atoms with van der Waals surface area (Å²) in [5, 5.41) is 3.03. The van der Waals surface area contributed by atoms with Crippen LogP contribution in [0.25, 0.3) is 6.08 Å². The van der Waals surface area contributed by atoms with E-state index in [1.807, 2.05) is 12.1 Å². The number of carbonyl (C=O) groups excluding carboxylic acids is 2.